The summed E-state index contributed by atoms with van der Waals surface area (Å²) in [7, 11) is 0. The number of amides is 1. The fourth-order valence-electron chi connectivity index (χ4n) is 1.15. The molecule has 0 aliphatic carbocycles. The summed E-state index contributed by atoms with van der Waals surface area (Å²) in [6.07, 6.45) is -5.30. The van der Waals surface area contributed by atoms with Gasteiger partial charge < -0.3 is 10.4 Å². The Hall–Kier alpha value is -0.920. The van der Waals surface area contributed by atoms with Crippen molar-refractivity contribution < 1.29 is 27.9 Å². The van der Waals surface area contributed by atoms with Gasteiger partial charge in [-0.05, 0) is 18.1 Å². The van der Waals surface area contributed by atoms with Crippen LogP contribution in [0.25, 0.3) is 0 Å². The van der Waals surface area contributed by atoms with Crippen LogP contribution in [0.4, 0.5) is 13.2 Å². The second-order valence-electron chi connectivity index (χ2n) is 4.51. The highest BCUT2D eigenvalue weighted by Crippen LogP contribution is 2.21. The molecule has 0 aromatic rings. The van der Waals surface area contributed by atoms with Crippen LogP contribution in [0, 0.1) is 5.92 Å². The molecule has 0 saturated carbocycles. The van der Waals surface area contributed by atoms with E-state index in [1.54, 1.807) is 0 Å². The summed E-state index contributed by atoms with van der Waals surface area (Å²) in [4.78, 5) is 21.9. The van der Waals surface area contributed by atoms with Crippen molar-refractivity contribution in [2.24, 2.45) is 5.92 Å². The highest BCUT2D eigenvalue weighted by atomic mass is 32.2. The number of carbonyl (C=O) groups excluding carboxylic acids is 1. The molecule has 1 atom stereocenters. The van der Waals surface area contributed by atoms with Gasteiger partial charge in [0.15, 0.2) is 0 Å². The molecule has 0 aliphatic heterocycles. The summed E-state index contributed by atoms with van der Waals surface area (Å²) < 4.78 is 36.3. The Labute approximate surface area is 114 Å². The number of carbonyl (C=O) groups is 2. The van der Waals surface area contributed by atoms with E-state index in [-0.39, 0.29) is 5.75 Å². The lowest BCUT2D eigenvalue weighted by atomic mass is 10.2. The van der Waals surface area contributed by atoms with Crippen molar-refractivity contribution in [3.63, 3.8) is 0 Å². The summed E-state index contributed by atoms with van der Waals surface area (Å²) in [5.74, 6) is -1.22. The molecule has 0 spiro atoms. The van der Waals surface area contributed by atoms with Crippen LogP contribution in [-0.4, -0.2) is 40.7 Å². The van der Waals surface area contributed by atoms with E-state index in [0.717, 1.165) is 6.42 Å². The van der Waals surface area contributed by atoms with Gasteiger partial charge >= 0.3 is 12.1 Å². The molecule has 2 N–H and O–H groups in total. The first-order valence-corrected chi connectivity index (χ1v) is 6.94. The third kappa shape index (κ3) is 10.7. The zero-order valence-electron chi connectivity index (χ0n) is 10.8. The number of carboxylic acid groups (broad SMARTS) is 1. The van der Waals surface area contributed by atoms with Crippen LogP contribution in [-0.2, 0) is 9.59 Å². The van der Waals surface area contributed by atoms with E-state index in [4.69, 9.17) is 5.11 Å². The Morgan fingerprint density at radius 1 is 1.32 bits per heavy atom. The van der Waals surface area contributed by atoms with Crippen molar-refractivity contribution in [2.75, 3.05) is 11.5 Å². The largest absolute Gasteiger partial charge is 0.480 e. The lowest BCUT2D eigenvalue weighted by molar-refractivity contribution is -0.159. The molecule has 0 aromatic heterocycles. The van der Waals surface area contributed by atoms with E-state index < -0.39 is 30.5 Å². The first-order valence-electron chi connectivity index (χ1n) is 5.78. The Bertz CT molecular complexity index is 308. The van der Waals surface area contributed by atoms with Crippen LogP contribution in [0.15, 0.2) is 0 Å². The number of aliphatic carboxylic acids is 1. The average Bonchev–Trinajstić information content (AvgIpc) is 2.21. The fraction of sp³-hybridized carbons (Fsp3) is 0.818. The molecule has 0 radical (unpaired) electrons. The molecule has 0 bridgehead atoms. The van der Waals surface area contributed by atoms with Gasteiger partial charge in [0.1, 0.15) is 6.04 Å². The van der Waals surface area contributed by atoms with Crippen LogP contribution in [0.3, 0.4) is 0 Å². The molecule has 0 aromatic carbocycles. The first-order chi connectivity index (χ1) is 8.61. The van der Waals surface area contributed by atoms with Gasteiger partial charge in [-0.15, -0.1) is 0 Å². The van der Waals surface area contributed by atoms with Gasteiger partial charge in [0, 0.05) is 0 Å². The number of rotatable bonds is 8. The van der Waals surface area contributed by atoms with Crippen LogP contribution in [0.5, 0.6) is 0 Å². The summed E-state index contributed by atoms with van der Waals surface area (Å²) >= 11 is 1.28. The van der Waals surface area contributed by atoms with Gasteiger partial charge in [-0.25, -0.2) is 4.79 Å². The predicted molar refractivity (Wildman–Crippen MR) is 67.0 cm³/mol. The van der Waals surface area contributed by atoms with Crippen molar-refractivity contribution >= 4 is 23.6 Å². The van der Waals surface area contributed by atoms with Crippen LogP contribution in [0.2, 0.25) is 0 Å². The van der Waals surface area contributed by atoms with Crippen LogP contribution in [0.1, 0.15) is 26.7 Å². The minimum Gasteiger partial charge on any atom is -0.480 e. The third-order valence-electron chi connectivity index (χ3n) is 2.14. The third-order valence-corrected chi connectivity index (χ3v) is 3.13. The molecule has 0 heterocycles. The van der Waals surface area contributed by atoms with E-state index in [9.17, 15) is 22.8 Å². The molecule has 4 nitrogen and oxygen atoms in total. The fourth-order valence-corrected chi connectivity index (χ4v) is 2.20. The zero-order valence-corrected chi connectivity index (χ0v) is 11.6. The smallest absolute Gasteiger partial charge is 0.391 e. The minimum absolute atomic E-state index is 0.0334. The van der Waals surface area contributed by atoms with Crippen LogP contribution >= 0.6 is 11.8 Å². The molecule has 0 fully saturated rings. The summed E-state index contributed by atoms with van der Waals surface area (Å²) in [5, 5.41) is 10.5. The van der Waals surface area contributed by atoms with Gasteiger partial charge in [0.25, 0.3) is 0 Å². The van der Waals surface area contributed by atoms with Gasteiger partial charge in [0.05, 0.1) is 12.2 Å². The van der Waals surface area contributed by atoms with E-state index >= 15 is 0 Å². The molecule has 1 amide bonds. The van der Waals surface area contributed by atoms with Gasteiger partial charge in [-0.3, -0.25) is 4.79 Å². The number of carboxylic acids is 1. The van der Waals surface area contributed by atoms with E-state index in [0.29, 0.717) is 11.7 Å². The SMILES string of the molecule is CC(C)CCSCC(=O)NC(CC(F)(F)F)C(=O)O. The highest BCUT2D eigenvalue weighted by molar-refractivity contribution is 7.99. The van der Waals surface area contributed by atoms with Crippen molar-refractivity contribution in [1.29, 1.82) is 0 Å². The molecule has 0 saturated heterocycles. The standard InChI is InChI=1S/C11H18F3NO3S/c1-7(2)3-4-19-6-9(16)15-8(10(17)18)5-11(12,13)14/h7-8H,3-6H2,1-2H3,(H,15,16)(H,17,18). The molecule has 1 unspecified atom stereocenters. The van der Waals surface area contributed by atoms with Crippen molar-refractivity contribution in [3.8, 4) is 0 Å². The zero-order chi connectivity index (χ0) is 15.1. The number of thioether (sulfide) groups is 1. The van der Waals surface area contributed by atoms with E-state index in [1.165, 1.54) is 11.8 Å². The molecule has 8 heteroatoms. The summed E-state index contributed by atoms with van der Waals surface area (Å²) in [6.45, 7) is 4.04. The highest BCUT2D eigenvalue weighted by Gasteiger charge is 2.36. The number of hydrogen-bond donors (Lipinski definition) is 2. The normalized spacial score (nSPS) is 13.4. The summed E-state index contributed by atoms with van der Waals surface area (Å²) in [6, 6.07) is -1.92. The lowest BCUT2D eigenvalue weighted by Gasteiger charge is -2.16. The van der Waals surface area contributed by atoms with E-state index in [1.807, 2.05) is 19.2 Å². The Morgan fingerprint density at radius 3 is 2.32 bits per heavy atom. The second kappa shape index (κ2) is 8.29. The molecule has 0 rings (SSSR count). The van der Waals surface area contributed by atoms with Crippen molar-refractivity contribution in [2.45, 2.75) is 38.9 Å². The molecular weight excluding hydrogens is 283 g/mol. The first kappa shape index (κ1) is 18.1. The number of nitrogens with one attached hydrogen (secondary N) is 1. The number of alkyl halides is 3. The quantitative estimate of drug-likeness (QED) is 0.675. The minimum atomic E-state index is -4.62. The maximum Gasteiger partial charge on any atom is 0.391 e. The van der Waals surface area contributed by atoms with Crippen LogP contribution < -0.4 is 5.32 Å². The molecule has 0 aliphatic rings. The maximum atomic E-state index is 12.1. The monoisotopic (exact) mass is 301 g/mol. The van der Waals surface area contributed by atoms with Gasteiger partial charge in [-0.1, -0.05) is 13.8 Å². The second-order valence-corrected chi connectivity index (χ2v) is 5.62. The van der Waals surface area contributed by atoms with E-state index in [2.05, 4.69) is 0 Å². The van der Waals surface area contributed by atoms with Gasteiger partial charge in [0.2, 0.25) is 5.91 Å². The number of halogens is 3. The average molecular weight is 301 g/mol. The number of hydrogen-bond acceptors (Lipinski definition) is 3. The van der Waals surface area contributed by atoms with Crippen molar-refractivity contribution in [3.05, 3.63) is 0 Å². The molecular formula is C11H18F3NO3S. The molecule has 112 valence electrons. The predicted octanol–water partition coefficient (Wildman–Crippen LogP) is 2.29. The Kier molecular flexibility index (Phi) is 7.89. The van der Waals surface area contributed by atoms with Gasteiger partial charge in [-0.2, -0.15) is 24.9 Å². The Balaban J connectivity index is 4.08. The topological polar surface area (TPSA) is 66.4 Å². The Morgan fingerprint density at radius 2 is 1.89 bits per heavy atom. The molecule has 19 heavy (non-hydrogen) atoms. The lowest BCUT2D eigenvalue weighted by Crippen LogP contribution is -2.44. The van der Waals surface area contributed by atoms with Crippen molar-refractivity contribution in [1.82, 2.24) is 5.32 Å². The summed E-state index contributed by atoms with van der Waals surface area (Å²) in [5.41, 5.74) is 0. The maximum absolute atomic E-state index is 12.1.